The van der Waals surface area contributed by atoms with Gasteiger partial charge in [0, 0.05) is 29.9 Å². The first kappa shape index (κ1) is 25.2. The normalized spacial score (nSPS) is 17.9. The highest BCUT2D eigenvalue weighted by Crippen LogP contribution is 2.24. The Hall–Kier alpha value is -3.47. The minimum absolute atomic E-state index is 0.0897. The molecule has 0 aromatic heterocycles. The van der Waals surface area contributed by atoms with Crippen LogP contribution in [0.25, 0.3) is 0 Å². The second-order valence-corrected chi connectivity index (χ2v) is 7.98. The van der Waals surface area contributed by atoms with E-state index in [0.717, 1.165) is 17.0 Å². The Bertz CT molecular complexity index is 1070. The van der Waals surface area contributed by atoms with E-state index in [9.17, 15) is 32.7 Å². The van der Waals surface area contributed by atoms with Crippen molar-refractivity contribution in [2.45, 2.75) is 31.4 Å². The predicted molar refractivity (Wildman–Crippen MR) is 117 cm³/mol. The van der Waals surface area contributed by atoms with Gasteiger partial charge in [-0.05, 0) is 37.1 Å². The molecule has 2 aromatic carbocycles. The summed E-state index contributed by atoms with van der Waals surface area (Å²) in [6.07, 6.45) is -3.69. The van der Waals surface area contributed by atoms with Crippen LogP contribution in [0.1, 0.15) is 24.8 Å². The third-order valence-electron chi connectivity index (χ3n) is 5.16. The van der Waals surface area contributed by atoms with E-state index in [-0.39, 0.29) is 35.0 Å². The smallest absolute Gasteiger partial charge is 0.408 e. The van der Waals surface area contributed by atoms with Crippen LogP contribution in [0.3, 0.4) is 0 Å². The fourth-order valence-electron chi connectivity index (χ4n) is 3.54. The number of halogens is 4. The molecular weight excluding hydrogens is 479 g/mol. The van der Waals surface area contributed by atoms with Gasteiger partial charge < -0.3 is 20.5 Å². The highest BCUT2D eigenvalue weighted by molar-refractivity contribution is 6.30. The van der Waals surface area contributed by atoms with Crippen molar-refractivity contribution in [2.75, 3.05) is 18.5 Å². The molecule has 3 amide bonds. The van der Waals surface area contributed by atoms with Crippen molar-refractivity contribution in [2.24, 2.45) is 0 Å². The Labute approximate surface area is 197 Å². The van der Waals surface area contributed by atoms with Gasteiger partial charge in [0.05, 0.1) is 5.02 Å². The molecule has 0 bridgehead atoms. The van der Waals surface area contributed by atoms with E-state index in [1.807, 2.05) is 0 Å². The van der Waals surface area contributed by atoms with E-state index in [1.54, 1.807) is 0 Å². The fraction of sp³-hybridized carbons (Fsp3) is 0.318. The van der Waals surface area contributed by atoms with Gasteiger partial charge in [-0.2, -0.15) is 0 Å². The Morgan fingerprint density at radius 3 is 2.62 bits per heavy atom. The Morgan fingerprint density at radius 2 is 1.94 bits per heavy atom. The van der Waals surface area contributed by atoms with Crippen LogP contribution in [0.15, 0.2) is 42.5 Å². The average Bonchev–Trinajstić information content (AvgIpc) is 2.79. The summed E-state index contributed by atoms with van der Waals surface area (Å²) >= 11 is 5.59. The van der Waals surface area contributed by atoms with Gasteiger partial charge in [0.25, 0.3) is 12.3 Å². The molecule has 12 heteroatoms. The zero-order valence-electron chi connectivity index (χ0n) is 17.6. The van der Waals surface area contributed by atoms with Gasteiger partial charge >= 0.3 is 6.09 Å². The monoisotopic (exact) mass is 499 g/mol. The molecule has 1 aliphatic rings. The number of carbonyl (C=O) groups excluding carboxylic acids is 2. The maximum atomic E-state index is 13.5. The lowest BCUT2D eigenvalue weighted by Crippen LogP contribution is -2.57. The summed E-state index contributed by atoms with van der Waals surface area (Å²) < 4.78 is 44.4. The van der Waals surface area contributed by atoms with Crippen molar-refractivity contribution in [1.82, 2.24) is 10.2 Å². The number of benzene rings is 2. The van der Waals surface area contributed by atoms with Crippen LogP contribution >= 0.6 is 11.6 Å². The summed E-state index contributed by atoms with van der Waals surface area (Å²) in [5, 5.41) is 14.6. The summed E-state index contributed by atoms with van der Waals surface area (Å²) in [4.78, 5) is 37.5. The number of ether oxygens (including phenoxy) is 1. The van der Waals surface area contributed by atoms with Crippen LogP contribution in [0, 0.1) is 5.82 Å². The summed E-state index contributed by atoms with van der Waals surface area (Å²) in [6, 6.07) is 7.18. The average molecular weight is 500 g/mol. The molecule has 0 unspecified atom stereocenters. The minimum Gasteiger partial charge on any atom is -0.484 e. The molecule has 2 atom stereocenters. The Morgan fingerprint density at radius 1 is 1.18 bits per heavy atom. The summed E-state index contributed by atoms with van der Waals surface area (Å²) in [6.45, 7) is -0.596. The molecular formula is C22H21ClF3N3O5. The van der Waals surface area contributed by atoms with Crippen LogP contribution in [-0.2, 0) is 9.59 Å². The van der Waals surface area contributed by atoms with Gasteiger partial charge in [-0.3, -0.25) is 14.5 Å². The molecule has 0 spiro atoms. The lowest BCUT2D eigenvalue weighted by atomic mass is 9.97. The molecule has 0 saturated carbocycles. The van der Waals surface area contributed by atoms with Crippen molar-refractivity contribution >= 4 is 35.2 Å². The van der Waals surface area contributed by atoms with Crippen LogP contribution in [0.4, 0.5) is 23.7 Å². The van der Waals surface area contributed by atoms with Gasteiger partial charge in [-0.15, -0.1) is 0 Å². The lowest BCUT2D eigenvalue weighted by Gasteiger charge is -2.37. The van der Waals surface area contributed by atoms with E-state index in [4.69, 9.17) is 16.3 Å². The Balaban J connectivity index is 1.55. The number of hydrogen-bond acceptors (Lipinski definition) is 4. The number of piperidine rings is 1. The maximum Gasteiger partial charge on any atom is 0.408 e. The van der Waals surface area contributed by atoms with E-state index in [2.05, 4.69) is 10.6 Å². The zero-order chi connectivity index (χ0) is 24.8. The molecule has 0 radical (unpaired) electrons. The number of carbonyl (C=O) groups is 3. The number of alkyl halides is 2. The van der Waals surface area contributed by atoms with Crippen molar-refractivity contribution in [1.29, 1.82) is 0 Å². The maximum absolute atomic E-state index is 13.5. The molecule has 8 nitrogen and oxygen atoms in total. The first-order chi connectivity index (χ1) is 16.1. The molecule has 182 valence electrons. The lowest BCUT2D eigenvalue weighted by molar-refractivity contribution is -0.125. The molecule has 3 N–H and O–H groups in total. The number of carboxylic acid groups (broad SMARTS) is 1. The van der Waals surface area contributed by atoms with Crippen molar-refractivity contribution in [3.63, 3.8) is 0 Å². The predicted octanol–water partition coefficient (Wildman–Crippen LogP) is 4.06. The van der Waals surface area contributed by atoms with E-state index < -0.39 is 48.8 Å². The van der Waals surface area contributed by atoms with Crippen molar-refractivity contribution in [3.8, 4) is 5.75 Å². The highest BCUT2D eigenvalue weighted by atomic mass is 35.5. The Kier molecular flexibility index (Phi) is 8.21. The number of nitrogens with one attached hydrogen (secondary N) is 2. The first-order valence-electron chi connectivity index (χ1n) is 10.2. The molecule has 1 fully saturated rings. The van der Waals surface area contributed by atoms with Crippen molar-refractivity contribution < 1.29 is 37.4 Å². The summed E-state index contributed by atoms with van der Waals surface area (Å²) in [5.74, 6) is -1.82. The van der Waals surface area contributed by atoms with E-state index in [0.29, 0.717) is 6.42 Å². The van der Waals surface area contributed by atoms with E-state index in [1.165, 1.54) is 30.3 Å². The van der Waals surface area contributed by atoms with Crippen LogP contribution in [-0.4, -0.2) is 53.1 Å². The molecule has 1 heterocycles. The third-order valence-corrected chi connectivity index (χ3v) is 5.47. The molecule has 34 heavy (non-hydrogen) atoms. The largest absolute Gasteiger partial charge is 0.484 e. The number of anilines is 1. The quantitative estimate of drug-likeness (QED) is 0.532. The second-order valence-electron chi connectivity index (χ2n) is 7.57. The van der Waals surface area contributed by atoms with Gasteiger partial charge in [0.15, 0.2) is 6.61 Å². The van der Waals surface area contributed by atoms with Crippen LogP contribution < -0.4 is 15.4 Å². The number of nitrogens with zero attached hydrogens (tertiary/aromatic N) is 1. The SMILES string of the molecule is O=C(COc1ccc(Cl)c(F)c1)N[C@H]1CC[C@H](C(=O)Nc2cccc(C(F)F)c2)N(C(=O)O)C1. The number of hydrogen-bond donors (Lipinski definition) is 3. The first-order valence-corrected chi connectivity index (χ1v) is 10.6. The minimum atomic E-state index is -2.71. The van der Waals surface area contributed by atoms with Gasteiger partial charge in [-0.25, -0.2) is 18.0 Å². The van der Waals surface area contributed by atoms with Crippen LogP contribution in [0.2, 0.25) is 5.02 Å². The molecule has 0 aliphatic carbocycles. The summed E-state index contributed by atoms with van der Waals surface area (Å²) in [7, 11) is 0. The van der Waals surface area contributed by atoms with E-state index >= 15 is 0 Å². The second kappa shape index (κ2) is 11.1. The van der Waals surface area contributed by atoms with Crippen LogP contribution in [0.5, 0.6) is 5.75 Å². The zero-order valence-corrected chi connectivity index (χ0v) is 18.4. The van der Waals surface area contributed by atoms with Gasteiger partial charge in [0.1, 0.15) is 17.6 Å². The topological polar surface area (TPSA) is 108 Å². The molecule has 1 saturated heterocycles. The van der Waals surface area contributed by atoms with Gasteiger partial charge in [0.2, 0.25) is 5.91 Å². The summed E-state index contributed by atoms with van der Waals surface area (Å²) in [5.41, 5.74) is -0.151. The number of likely N-dealkylation sites (tertiary alicyclic amines) is 1. The molecule has 3 rings (SSSR count). The third kappa shape index (κ3) is 6.53. The van der Waals surface area contributed by atoms with Crippen molar-refractivity contribution in [3.05, 3.63) is 58.9 Å². The highest BCUT2D eigenvalue weighted by Gasteiger charge is 2.36. The van der Waals surface area contributed by atoms with Gasteiger partial charge in [-0.1, -0.05) is 23.7 Å². The molecule has 1 aliphatic heterocycles. The number of amides is 3. The molecule has 2 aromatic rings. The standard InChI is InChI=1S/C22H21ClF3N3O5/c23-16-6-5-15(9-17(16)24)34-11-19(30)27-14-4-7-18(29(10-14)22(32)33)21(31)28-13-3-1-2-12(8-13)20(25)26/h1-3,5-6,8-9,14,18,20H,4,7,10-11H2,(H,27,30)(H,28,31)(H,32,33)/t14-,18+/m0/s1. The fourth-order valence-corrected chi connectivity index (χ4v) is 3.65. The number of rotatable bonds is 7.